The molecule has 2 rings (SSSR count). The quantitative estimate of drug-likeness (QED) is 0.777. The highest BCUT2D eigenvalue weighted by Gasteiger charge is 2.15. The fourth-order valence-electron chi connectivity index (χ4n) is 2.03. The average molecular weight is 339 g/mol. The van der Waals surface area contributed by atoms with E-state index in [0.717, 1.165) is 17.7 Å². The lowest BCUT2D eigenvalue weighted by atomic mass is 10.1. The Hall–Kier alpha value is -1.49. The number of carbonyl (C=O) groups is 1. The lowest BCUT2D eigenvalue weighted by Gasteiger charge is -2.05. The second-order valence-corrected chi connectivity index (χ2v) is 5.39. The topological polar surface area (TPSA) is 34.9 Å². The number of rotatable bonds is 5. The smallest absolute Gasteiger partial charge is 0.185 e. The largest absolute Gasteiger partial charge is 0.292 e. The highest BCUT2D eigenvalue weighted by atomic mass is 79.9. The molecule has 5 heteroatoms. The van der Waals surface area contributed by atoms with Crippen LogP contribution in [0.3, 0.4) is 0 Å². The monoisotopic (exact) mass is 338 g/mol. The first-order valence-corrected chi connectivity index (χ1v) is 7.38. The predicted octanol–water partition coefficient (Wildman–Crippen LogP) is 3.79. The summed E-state index contributed by atoms with van der Waals surface area (Å²) in [6, 6.07) is 6.47. The van der Waals surface area contributed by atoms with Crippen molar-refractivity contribution in [1.29, 1.82) is 0 Å². The normalized spacial score (nSPS) is 10.8. The van der Waals surface area contributed by atoms with E-state index in [9.17, 15) is 9.18 Å². The minimum Gasteiger partial charge on any atom is -0.292 e. The number of aryl methyl sites for hydroxylation is 2. The first-order chi connectivity index (χ1) is 9.55. The Morgan fingerprint density at radius 2 is 2.10 bits per heavy atom. The van der Waals surface area contributed by atoms with E-state index in [1.54, 1.807) is 16.8 Å². The summed E-state index contributed by atoms with van der Waals surface area (Å²) in [6.45, 7) is 4.62. The van der Waals surface area contributed by atoms with Crippen molar-refractivity contribution >= 4 is 21.7 Å². The summed E-state index contributed by atoms with van der Waals surface area (Å²) in [5.41, 5.74) is 2.31. The summed E-state index contributed by atoms with van der Waals surface area (Å²) < 4.78 is 15.3. The first-order valence-electron chi connectivity index (χ1n) is 6.59. The molecule has 0 aliphatic carbocycles. The fraction of sp³-hybridized carbons (Fsp3) is 0.333. The van der Waals surface area contributed by atoms with E-state index < -0.39 is 0 Å². The molecule has 0 unspecified atom stereocenters. The number of hydrogen-bond donors (Lipinski definition) is 0. The van der Waals surface area contributed by atoms with Gasteiger partial charge in [0.15, 0.2) is 5.78 Å². The number of carbonyl (C=O) groups excluding carboxylic acids is 1. The zero-order valence-electron chi connectivity index (χ0n) is 11.5. The number of aromatic nitrogens is 2. The van der Waals surface area contributed by atoms with Crippen molar-refractivity contribution in [3.05, 3.63) is 51.5 Å². The fourth-order valence-corrected chi connectivity index (χ4v) is 2.46. The Balaban J connectivity index is 2.23. The lowest BCUT2D eigenvalue weighted by Crippen LogP contribution is -2.11. The summed E-state index contributed by atoms with van der Waals surface area (Å²) >= 11 is 3.13. The van der Waals surface area contributed by atoms with Crippen molar-refractivity contribution in [2.24, 2.45) is 0 Å². The van der Waals surface area contributed by atoms with Gasteiger partial charge in [0.25, 0.3) is 0 Å². The molecule has 106 valence electrons. The highest BCUT2D eigenvalue weighted by molar-refractivity contribution is 9.10. The van der Waals surface area contributed by atoms with Gasteiger partial charge in [0.2, 0.25) is 0 Å². The molecule has 0 amide bonds. The van der Waals surface area contributed by atoms with Gasteiger partial charge in [0.05, 0.1) is 10.2 Å². The molecule has 0 N–H and O–H groups in total. The summed E-state index contributed by atoms with van der Waals surface area (Å²) in [5.74, 6) is -0.328. The summed E-state index contributed by atoms with van der Waals surface area (Å²) in [7, 11) is 0. The number of benzene rings is 1. The van der Waals surface area contributed by atoms with Crippen LogP contribution in [-0.4, -0.2) is 15.6 Å². The molecule has 1 heterocycles. The minimum atomic E-state index is -0.326. The van der Waals surface area contributed by atoms with Crippen LogP contribution in [0.2, 0.25) is 0 Å². The Bertz CT molecular complexity index is 637. The van der Waals surface area contributed by atoms with Crippen LogP contribution in [0.15, 0.2) is 28.7 Å². The van der Waals surface area contributed by atoms with Crippen molar-refractivity contribution in [3.63, 3.8) is 0 Å². The lowest BCUT2D eigenvalue weighted by molar-refractivity contribution is 0.0982. The van der Waals surface area contributed by atoms with Crippen LogP contribution in [-0.2, 0) is 19.4 Å². The molecule has 0 saturated carbocycles. The van der Waals surface area contributed by atoms with Crippen LogP contribution in [0, 0.1) is 5.82 Å². The van der Waals surface area contributed by atoms with E-state index in [-0.39, 0.29) is 18.0 Å². The molecule has 0 aliphatic heterocycles. The van der Waals surface area contributed by atoms with Crippen molar-refractivity contribution in [1.82, 2.24) is 9.78 Å². The molecular formula is C15H16BrFN2O. The molecule has 20 heavy (non-hydrogen) atoms. The SMILES string of the molecule is CCc1cc(C(=O)Cc2ccc(F)c(Br)c2)n(CC)n1. The maximum Gasteiger partial charge on any atom is 0.185 e. The van der Waals surface area contributed by atoms with E-state index >= 15 is 0 Å². The maximum absolute atomic E-state index is 13.2. The minimum absolute atomic E-state index is 0.00226. The third-order valence-electron chi connectivity index (χ3n) is 3.13. The van der Waals surface area contributed by atoms with Gasteiger partial charge in [-0.3, -0.25) is 9.48 Å². The molecule has 0 aliphatic rings. The molecule has 0 atom stereocenters. The predicted molar refractivity (Wildman–Crippen MR) is 79.4 cm³/mol. The summed E-state index contributed by atoms with van der Waals surface area (Å²) in [6.07, 6.45) is 1.04. The van der Waals surface area contributed by atoms with Crippen LogP contribution < -0.4 is 0 Å². The second kappa shape index (κ2) is 6.31. The molecule has 0 fully saturated rings. The molecule has 2 aromatic rings. The van der Waals surface area contributed by atoms with Gasteiger partial charge in [-0.05, 0) is 53.0 Å². The van der Waals surface area contributed by atoms with Crippen LogP contribution in [0.5, 0.6) is 0 Å². The molecule has 1 aromatic heterocycles. The van der Waals surface area contributed by atoms with Gasteiger partial charge in [-0.15, -0.1) is 0 Å². The van der Waals surface area contributed by atoms with E-state index in [1.807, 2.05) is 19.9 Å². The van der Waals surface area contributed by atoms with Crippen molar-refractivity contribution in [2.75, 3.05) is 0 Å². The van der Waals surface area contributed by atoms with Gasteiger partial charge in [0.1, 0.15) is 11.5 Å². The van der Waals surface area contributed by atoms with E-state index in [4.69, 9.17) is 0 Å². The van der Waals surface area contributed by atoms with Gasteiger partial charge >= 0.3 is 0 Å². The van der Waals surface area contributed by atoms with Gasteiger partial charge in [-0.25, -0.2) is 4.39 Å². The highest BCUT2D eigenvalue weighted by Crippen LogP contribution is 2.18. The molecule has 3 nitrogen and oxygen atoms in total. The number of ketones is 1. The standard InChI is InChI=1S/C15H16BrFN2O/c1-3-11-9-14(19(4-2)18-11)15(20)8-10-5-6-13(17)12(16)7-10/h5-7,9H,3-4,8H2,1-2H3. The molecule has 0 radical (unpaired) electrons. The van der Waals surface area contributed by atoms with Crippen LogP contribution in [0.25, 0.3) is 0 Å². The first kappa shape index (κ1) is 14.9. The van der Waals surface area contributed by atoms with Gasteiger partial charge in [-0.2, -0.15) is 5.10 Å². The van der Waals surface area contributed by atoms with Crippen molar-refractivity contribution in [3.8, 4) is 0 Å². The number of halogens is 2. The van der Waals surface area contributed by atoms with E-state index in [0.29, 0.717) is 16.7 Å². The molecular weight excluding hydrogens is 323 g/mol. The number of hydrogen-bond acceptors (Lipinski definition) is 2. The van der Waals surface area contributed by atoms with Crippen molar-refractivity contribution < 1.29 is 9.18 Å². The maximum atomic E-state index is 13.2. The average Bonchev–Trinajstić information content (AvgIpc) is 2.86. The van der Waals surface area contributed by atoms with Gasteiger partial charge in [-0.1, -0.05) is 13.0 Å². The van der Waals surface area contributed by atoms with Crippen molar-refractivity contribution in [2.45, 2.75) is 33.2 Å². The van der Waals surface area contributed by atoms with Gasteiger partial charge in [0, 0.05) is 13.0 Å². The molecule has 0 saturated heterocycles. The molecule has 1 aromatic carbocycles. The van der Waals surface area contributed by atoms with E-state index in [2.05, 4.69) is 21.0 Å². The Morgan fingerprint density at radius 1 is 1.35 bits per heavy atom. The van der Waals surface area contributed by atoms with Gasteiger partial charge < -0.3 is 0 Å². The zero-order valence-corrected chi connectivity index (χ0v) is 13.1. The molecule has 0 spiro atoms. The number of Topliss-reactive ketones (excluding diaryl/α,β-unsaturated/α-hetero) is 1. The van der Waals surface area contributed by atoms with Crippen LogP contribution in [0.1, 0.15) is 35.6 Å². The molecule has 0 bridgehead atoms. The third kappa shape index (κ3) is 3.15. The Labute approximate surface area is 125 Å². The zero-order chi connectivity index (χ0) is 14.7. The number of nitrogens with zero attached hydrogens (tertiary/aromatic N) is 2. The Morgan fingerprint density at radius 3 is 2.70 bits per heavy atom. The summed E-state index contributed by atoms with van der Waals surface area (Å²) in [4.78, 5) is 12.3. The van der Waals surface area contributed by atoms with Crippen LogP contribution >= 0.6 is 15.9 Å². The third-order valence-corrected chi connectivity index (χ3v) is 3.73. The van der Waals surface area contributed by atoms with Crippen LogP contribution in [0.4, 0.5) is 4.39 Å². The summed E-state index contributed by atoms with van der Waals surface area (Å²) in [5, 5.41) is 4.37. The second-order valence-electron chi connectivity index (χ2n) is 4.54. The Kier molecular flexibility index (Phi) is 4.70. The van der Waals surface area contributed by atoms with E-state index in [1.165, 1.54) is 6.07 Å².